The quantitative estimate of drug-likeness (QED) is 0.803. The first kappa shape index (κ1) is 9.08. The van der Waals surface area contributed by atoms with Crippen LogP contribution in [-0.2, 0) is 13.6 Å². The van der Waals surface area contributed by atoms with Crippen LogP contribution in [0.4, 0.5) is 5.82 Å². The van der Waals surface area contributed by atoms with Crippen LogP contribution in [0.3, 0.4) is 0 Å². The van der Waals surface area contributed by atoms with E-state index >= 15 is 0 Å². The summed E-state index contributed by atoms with van der Waals surface area (Å²) in [7, 11) is 1.87. The van der Waals surface area contributed by atoms with Gasteiger partial charge in [-0.3, -0.25) is 9.36 Å². The molecule has 0 radical (unpaired) electrons. The molecule has 0 saturated heterocycles. The molecule has 2 heterocycles. The van der Waals surface area contributed by atoms with Crippen molar-refractivity contribution in [2.75, 3.05) is 5.73 Å². The van der Waals surface area contributed by atoms with Gasteiger partial charge in [-0.25, -0.2) is 0 Å². The van der Waals surface area contributed by atoms with Crippen molar-refractivity contribution < 1.29 is 0 Å². The van der Waals surface area contributed by atoms with Gasteiger partial charge in [-0.1, -0.05) is 11.6 Å². The number of hydrogen-bond acceptors (Lipinski definition) is 3. The molecule has 2 aromatic rings. The summed E-state index contributed by atoms with van der Waals surface area (Å²) in [6.07, 6.45) is 5.40. The fourth-order valence-electron chi connectivity index (χ4n) is 1.23. The summed E-state index contributed by atoms with van der Waals surface area (Å²) in [5.74, 6) is 0.357. The van der Waals surface area contributed by atoms with E-state index in [2.05, 4.69) is 10.2 Å². The molecule has 2 rings (SSSR count). The van der Waals surface area contributed by atoms with Gasteiger partial charge in [0.05, 0.1) is 12.7 Å². The van der Waals surface area contributed by atoms with Crippen LogP contribution < -0.4 is 5.73 Å². The molecule has 74 valence electrons. The molecule has 2 N–H and O–H groups in total. The molecule has 0 fully saturated rings. The number of halogens is 1. The highest BCUT2D eigenvalue weighted by Gasteiger charge is 2.03. The highest BCUT2D eigenvalue weighted by Crippen LogP contribution is 2.15. The summed E-state index contributed by atoms with van der Waals surface area (Å²) < 4.78 is 3.43. The smallest absolute Gasteiger partial charge is 0.164 e. The maximum absolute atomic E-state index is 5.77. The monoisotopic (exact) mass is 211 g/mol. The van der Waals surface area contributed by atoms with Gasteiger partial charge in [0.15, 0.2) is 5.82 Å². The van der Waals surface area contributed by atoms with E-state index in [1.165, 1.54) is 0 Å². The molecular weight excluding hydrogens is 202 g/mol. The van der Waals surface area contributed by atoms with Crippen molar-refractivity contribution in [1.82, 2.24) is 19.6 Å². The first-order valence-electron chi connectivity index (χ1n) is 4.11. The van der Waals surface area contributed by atoms with Crippen molar-refractivity contribution in [3.8, 4) is 0 Å². The molecule has 5 nitrogen and oxygen atoms in total. The average molecular weight is 212 g/mol. The molecule has 0 bridgehead atoms. The van der Waals surface area contributed by atoms with Crippen LogP contribution >= 0.6 is 11.6 Å². The minimum atomic E-state index is 0.357. The third-order valence-electron chi connectivity index (χ3n) is 1.85. The predicted octanol–water partition coefficient (Wildman–Crippen LogP) is 0.900. The molecule has 0 aliphatic rings. The van der Waals surface area contributed by atoms with Crippen LogP contribution in [0, 0.1) is 0 Å². The molecule has 14 heavy (non-hydrogen) atoms. The predicted molar refractivity (Wildman–Crippen MR) is 54.0 cm³/mol. The second kappa shape index (κ2) is 3.34. The Bertz CT molecular complexity index is 425. The molecule has 0 atom stereocenters. The summed E-state index contributed by atoms with van der Waals surface area (Å²) in [5, 5.41) is 8.57. The second-order valence-electron chi connectivity index (χ2n) is 3.08. The number of anilines is 1. The summed E-state index contributed by atoms with van der Waals surface area (Å²) in [6, 6.07) is 0. The zero-order valence-corrected chi connectivity index (χ0v) is 8.44. The largest absolute Gasteiger partial charge is 0.381 e. The number of nitrogens with two attached hydrogens (primary N) is 1. The van der Waals surface area contributed by atoms with E-state index in [1.807, 2.05) is 13.2 Å². The Hall–Kier alpha value is -1.49. The minimum absolute atomic E-state index is 0.357. The first-order chi connectivity index (χ1) is 6.65. The fourth-order valence-corrected chi connectivity index (χ4v) is 1.38. The third kappa shape index (κ3) is 1.72. The summed E-state index contributed by atoms with van der Waals surface area (Å²) in [5.41, 5.74) is 6.58. The first-order valence-corrected chi connectivity index (χ1v) is 4.49. The number of aryl methyl sites for hydroxylation is 1. The maximum atomic E-state index is 5.77. The van der Waals surface area contributed by atoms with E-state index in [-0.39, 0.29) is 0 Å². The average Bonchev–Trinajstić information content (AvgIpc) is 2.62. The van der Waals surface area contributed by atoms with Crippen LogP contribution in [-0.4, -0.2) is 19.6 Å². The lowest BCUT2D eigenvalue weighted by atomic mass is 10.4. The van der Waals surface area contributed by atoms with Gasteiger partial charge in [-0.2, -0.15) is 10.2 Å². The van der Waals surface area contributed by atoms with Crippen molar-refractivity contribution in [2.24, 2.45) is 7.05 Å². The topological polar surface area (TPSA) is 61.7 Å². The zero-order valence-electron chi connectivity index (χ0n) is 7.68. The molecule has 0 unspecified atom stereocenters. The van der Waals surface area contributed by atoms with Crippen LogP contribution in [0.25, 0.3) is 0 Å². The lowest BCUT2D eigenvalue weighted by molar-refractivity contribution is 0.688. The molecular formula is C8H10ClN5. The lowest BCUT2D eigenvalue weighted by Gasteiger charge is -1.95. The molecule has 0 aliphatic heterocycles. The lowest BCUT2D eigenvalue weighted by Crippen LogP contribution is -2.00. The van der Waals surface area contributed by atoms with Crippen LogP contribution in [0.2, 0.25) is 5.02 Å². The van der Waals surface area contributed by atoms with Crippen LogP contribution in [0.15, 0.2) is 18.6 Å². The number of rotatable bonds is 2. The molecule has 2 aromatic heterocycles. The maximum Gasteiger partial charge on any atom is 0.164 e. The molecule has 0 spiro atoms. The Morgan fingerprint density at radius 1 is 1.50 bits per heavy atom. The highest BCUT2D eigenvalue weighted by molar-refractivity contribution is 6.32. The van der Waals surface area contributed by atoms with Gasteiger partial charge in [-0.05, 0) is 0 Å². The van der Waals surface area contributed by atoms with E-state index < -0.39 is 0 Å². The van der Waals surface area contributed by atoms with Gasteiger partial charge in [-0.15, -0.1) is 0 Å². The number of hydrogen-bond donors (Lipinski definition) is 1. The second-order valence-corrected chi connectivity index (χ2v) is 3.49. The van der Waals surface area contributed by atoms with Gasteiger partial charge < -0.3 is 5.73 Å². The summed E-state index contributed by atoms with van der Waals surface area (Å²) in [6.45, 7) is 0.630. The van der Waals surface area contributed by atoms with E-state index in [0.717, 1.165) is 5.56 Å². The molecule has 0 saturated carbocycles. The van der Waals surface area contributed by atoms with Crippen molar-refractivity contribution in [2.45, 2.75) is 6.54 Å². The standard InChI is InChI=1S/C8H10ClN5/c1-13-3-6(2-11-13)4-14-5-7(9)8(10)12-14/h2-3,5H,4H2,1H3,(H2,10,12). The van der Waals surface area contributed by atoms with Gasteiger partial charge in [0, 0.05) is 25.0 Å². The number of aromatic nitrogens is 4. The van der Waals surface area contributed by atoms with Crippen molar-refractivity contribution >= 4 is 17.4 Å². The van der Waals surface area contributed by atoms with Crippen molar-refractivity contribution in [3.63, 3.8) is 0 Å². The molecule has 0 aromatic carbocycles. The van der Waals surface area contributed by atoms with E-state index in [9.17, 15) is 0 Å². The summed E-state index contributed by atoms with van der Waals surface area (Å²) >= 11 is 5.77. The van der Waals surface area contributed by atoms with E-state index in [4.69, 9.17) is 17.3 Å². The van der Waals surface area contributed by atoms with Gasteiger partial charge >= 0.3 is 0 Å². The normalized spacial score (nSPS) is 10.7. The molecule has 6 heteroatoms. The Kier molecular flexibility index (Phi) is 2.17. The van der Waals surface area contributed by atoms with Gasteiger partial charge in [0.25, 0.3) is 0 Å². The Morgan fingerprint density at radius 3 is 2.79 bits per heavy atom. The van der Waals surface area contributed by atoms with Crippen LogP contribution in [0.1, 0.15) is 5.56 Å². The highest BCUT2D eigenvalue weighted by atomic mass is 35.5. The SMILES string of the molecule is Cn1cc(Cn2cc(Cl)c(N)n2)cn1. The minimum Gasteiger partial charge on any atom is -0.381 e. The molecule has 0 aliphatic carbocycles. The van der Waals surface area contributed by atoms with Gasteiger partial charge in [0.1, 0.15) is 5.02 Å². The zero-order chi connectivity index (χ0) is 10.1. The third-order valence-corrected chi connectivity index (χ3v) is 2.14. The summed E-state index contributed by atoms with van der Waals surface area (Å²) in [4.78, 5) is 0. The number of nitrogens with zero attached hydrogens (tertiary/aromatic N) is 4. The van der Waals surface area contributed by atoms with Gasteiger partial charge in [0.2, 0.25) is 0 Å². The van der Waals surface area contributed by atoms with Crippen molar-refractivity contribution in [1.29, 1.82) is 0 Å². The Balaban J connectivity index is 2.18. The molecule has 0 amide bonds. The van der Waals surface area contributed by atoms with Crippen LogP contribution in [0.5, 0.6) is 0 Å². The Labute approximate surface area is 86.1 Å². The fraction of sp³-hybridized carbons (Fsp3) is 0.250. The number of nitrogen functional groups attached to an aromatic ring is 1. The Morgan fingerprint density at radius 2 is 2.29 bits per heavy atom. The van der Waals surface area contributed by atoms with E-state index in [0.29, 0.717) is 17.4 Å². The van der Waals surface area contributed by atoms with E-state index in [1.54, 1.807) is 21.8 Å². The van der Waals surface area contributed by atoms with Crippen molar-refractivity contribution in [3.05, 3.63) is 29.2 Å².